The molecule has 25 heavy (non-hydrogen) atoms. The van der Waals surface area contributed by atoms with Gasteiger partial charge in [0.15, 0.2) is 17.4 Å². The molecule has 0 aliphatic heterocycles. The standard InChI is InChI=1S/C17H14F3N3O2/c1-4-21-13-11(19)12(20)15-14(16(13)25-3)22-17(24)23(15)10-6-5-8(2)7-9(10)18/h4-7H,1-3H3,(H,22,24). The van der Waals surface area contributed by atoms with Gasteiger partial charge in [0.05, 0.1) is 12.8 Å². The number of ether oxygens (including phenoxy) is 1. The maximum absolute atomic E-state index is 14.7. The lowest BCUT2D eigenvalue weighted by Crippen LogP contribution is -2.16. The molecular formula is C17H14F3N3O2. The third kappa shape index (κ3) is 2.50. The monoisotopic (exact) mass is 349 g/mol. The molecule has 0 spiro atoms. The second-order valence-corrected chi connectivity index (χ2v) is 5.34. The molecule has 8 heteroatoms. The lowest BCUT2D eigenvalue weighted by molar-refractivity contribution is 0.414. The lowest BCUT2D eigenvalue weighted by Gasteiger charge is -2.10. The highest BCUT2D eigenvalue weighted by atomic mass is 19.2. The van der Waals surface area contributed by atoms with Gasteiger partial charge in [-0.3, -0.25) is 9.56 Å². The molecule has 1 N–H and O–H groups in total. The number of hydrogen-bond acceptors (Lipinski definition) is 3. The number of fused-ring (bicyclic) bond motifs is 1. The Morgan fingerprint density at radius 3 is 2.56 bits per heavy atom. The Morgan fingerprint density at radius 1 is 1.24 bits per heavy atom. The summed E-state index contributed by atoms with van der Waals surface area (Å²) in [5.41, 5.74) is -1.34. The summed E-state index contributed by atoms with van der Waals surface area (Å²) in [6, 6.07) is 4.08. The Kier molecular flexibility index (Phi) is 4.12. The van der Waals surface area contributed by atoms with Gasteiger partial charge in [0.2, 0.25) is 0 Å². The summed E-state index contributed by atoms with van der Waals surface area (Å²) in [4.78, 5) is 18.5. The number of halogens is 3. The van der Waals surface area contributed by atoms with Crippen molar-refractivity contribution in [3.63, 3.8) is 0 Å². The number of rotatable bonds is 3. The molecule has 3 rings (SSSR count). The van der Waals surface area contributed by atoms with Crippen LogP contribution >= 0.6 is 0 Å². The molecule has 0 unspecified atom stereocenters. The number of hydrogen-bond donors (Lipinski definition) is 1. The van der Waals surface area contributed by atoms with E-state index in [4.69, 9.17) is 4.74 Å². The van der Waals surface area contributed by atoms with Crippen molar-refractivity contribution in [2.24, 2.45) is 4.99 Å². The Balaban J connectivity index is 2.50. The van der Waals surface area contributed by atoms with Gasteiger partial charge in [-0.1, -0.05) is 6.07 Å². The maximum Gasteiger partial charge on any atom is 0.331 e. The predicted molar refractivity (Wildman–Crippen MR) is 88.9 cm³/mol. The van der Waals surface area contributed by atoms with Crippen molar-refractivity contribution in [1.29, 1.82) is 0 Å². The summed E-state index contributed by atoms with van der Waals surface area (Å²) in [5, 5.41) is 0. The number of benzene rings is 2. The molecule has 0 aliphatic rings. The van der Waals surface area contributed by atoms with E-state index in [-0.39, 0.29) is 22.6 Å². The van der Waals surface area contributed by atoms with Crippen LogP contribution in [0.5, 0.6) is 5.75 Å². The highest BCUT2D eigenvalue weighted by Gasteiger charge is 2.26. The van der Waals surface area contributed by atoms with Gasteiger partial charge in [0, 0.05) is 6.21 Å². The molecule has 0 radical (unpaired) electrons. The van der Waals surface area contributed by atoms with Crippen LogP contribution in [-0.2, 0) is 0 Å². The lowest BCUT2D eigenvalue weighted by atomic mass is 10.2. The Morgan fingerprint density at radius 2 is 1.96 bits per heavy atom. The van der Waals surface area contributed by atoms with Crippen LogP contribution in [0, 0.1) is 24.4 Å². The molecule has 0 saturated carbocycles. The first-order valence-corrected chi connectivity index (χ1v) is 7.35. The molecule has 0 amide bonds. The number of aliphatic imine (C=N–C) groups is 1. The van der Waals surface area contributed by atoms with Crippen molar-refractivity contribution >= 4 is 22.9 Å². The van der Waals surface area contributed by atoms with Crippen LogP contribution in [0.1, 0.15) is 12.5 Å². The quantitative estimate of drug-likeness (QED) is 0.732. The number of aromatic nitrogens is 2. The van der Waals surface area contributed by atoms with Crippen LogP contribution in [0.2, 0.25) is 0 Å². The predicted octanol–water partition coefficient (Wildman–Crippen LogP) is 3.78. The number of aryl methyl sites for hydroxylation is 1. The average Bonchev–Trinajstić information content (AvgIpc) is 2.90. The molecule has 130 valence electrons. The summed E-state index contributed by atoms with van der Waals surface area (Å²) < 4.78 is 49.2. The molecule has 1 heterocycles. The normalized spacial score (nSPS) is 11.6. The smallest absolute Gasteiger partial charge is 0.331 e. The average molecular weight is 349 g/mol. The van der Waals surface area contributed by atoms with Crippen LogP contribution in [0.3, 0.4) is 0 Å². The van der Waals surface area contributed by atoms with Crippen molar-refractivity contribution in [3.05, 3.63) is 51.7 Å². The van der Waals surface area contributed by atoms with Gasteiger partial charge in [-0.2, -0.15) is 0 Å². The van der Waals surface area contributed by atoms with Gasteiger partial charge in [0.1, 0.15) is 22.5 Å². The first kappa shape index (κ1) is 16.8. The van der Waals surface area contributed by atoms with Crippen molar-refractivity contribution in [2.75, 3.05) is 7.11 Å². The summed E-state index contributed by atoms with van der Waals surface area (Å²) in [6.07, 6.45) is 1.26. The summed E-state index contributed by atoms with van der Waals surface area (Å²) in [6.45, 7) is 3.19. The highest BCUT2D eigenvalue weighted by Crippen LogP contribution is 2.39. The molecule has 3 aromatic rings. The van der Waals surface area contributed by atoms with E-state index in [0.717, 1.165) is 4.57 Å². The maximum atomic E-state index is 14.7. The van der Waals surface area contributed by atoms with Gasteiger partial charge >= 0.3 is 5.69 Å². The van der Waals surface area contributed by atoms with E-state index in [1.165, 1.54) is 32.4 Å². The van der Waals surface area contributed by atoms with E-state index in [9.17, 15) is 18.0 Å². The van der Waals surface area contributed by atoms with Crippen molar-refractivity contribution in [2.45, 2.75) is 13.8 Å². The Labute approximate surface area is 140 Å². The third-order valence-electron chi connectivity index (χ3n) is 3.75. The SMILES string of the molecule is CC=Nc1c(F)c(F)c2c([nH]c(=O)n2-c2ccc(C)cc2F)c1OC. The highest BCUT2D eigenvalue weighted by molar-refractivity contribution is 5.90. The minimum Gasteiger partial charge on any atom is -0.492 e. The first-order valence-electron chi connectivity index (χ1n) is 7.35. The van der Waals surface area contributed by atoms with Crippen LogP contribution in [0.15, 0.2) is 28.0 Å². The molecule has 0 atom stereocenters. The molecule has 2 aromatic carbocycles. The number of nitrogens with one attached hydrogen (secondary N) is 1. The molecule has 5 nitrogen and oxygen atoms in total. The fourth-order valence-corrected chi connectivity index (χ4v) is 2.70. The van der Waals surface area contributed by atoms with Crippen LogP contribution in [0.4, 0.5) is 18.9 Å². The van der Waals surface area contributed by atoms with E-state index in [1.54, 1.807) is 13.0 Å². The Hall–Kier alpha value is -3.03. The fraction of sp³-hybridized carbons (Fsp3) is 0.176. The van der Waals surface area contributed by atoms with Crippen molar-refractivity contribution in [1.82, 2.24) is 9.55 Å². The summed E-state index contributed by atoms with van der Waals surface area (Å²) in [7, 11) is 1.24. The topological polar surface area (TPSA) is 59.4 Å². The fourth-order valence-electron chi connectivity index (χ4n) is 2.70. The molecule has 1 aromatic heterocycles. The number of imidazole rings is 1. The van der Waals surface area contributed by atoms with Crippen molar-refractivity contribution in [3.8, 4) is 11.4 Å². The number of nitrogens with zero attached hydrogens (tertiary/aromatic N) is 2. The zero-order chi connectivity index (χ0) is 18.3. The van der Waals surface area contributed by atoms with Crippen molar-refractivity contribution < 1.29 is 17.9 Å². The molecule has 0 saturated heterocycles. The van der Waals surface area contributed by atoms with Gasteiger partial charge in [-0.25, -0.2) is 18.0 Å². The molecule has 0 aliphatic carbocycles. The van der Waals surface area contributed by atoms with E-state index in [1.807, 2.05) is 0 Å². The molecule has 0 fully saturated rings. The summed E-state index contributed by atoms with van der Waals surface area (Å²) >= 11 is 0. The van der Waals surface area contributed by atoms with Gasteiger partial charge in [0.25, 0.3) is 0 Å². The van der Waals surface area contributed by atoms with Gasteiger partial charge in [-0.05, 0) is 31.5 Å². The zero-order valence-corrected chi connectivity index (χ0v) is 13.7. The van der Waals surface area contributed by atoms with Gasteiger partial charge < -0.3 is 9.72 Å². The largest absolute Gasteiger partial charge is 0.492 e. The second-order valence-electron chi connectivity index (χ2n) is 5.34. The summed E-state index contributed by atoms with van der Waals surface area (Å²) in [5.74, 6) is -3.50. The number of aromatic amines is 1. The first-order chi connectivity index (χ1) is 11.9. The number of methoxy groups -OCH3 is 1. The van der Waals surface area contributed by atoms with E-state index in [0.29, 0.717) is 5.56 Å². The van der Waals surface area contributed by atoms with Crippen LogP contribution < -0.4 is 10.4 Å². The minimum atomic E-state index is -1.32. The van der Waals surface area contributed by atoms with Crippen LogP contribution in [-0.4, -0.2) is 22.9 Å². The second kappa shape index (κ2) is 6.12. The molecular weight excluding hydrogens is 335 g/mol. The van der Waals surface area contributed by atoms with E-state index in [2.05, 4.69) is 9.98 Å². The van der Waals surface area contributed by atoms with E-state index >= 15 is 0 Å². The van der Waals surface area contributed by atoms with E-state index < -0.39 is 28.7 Å². The Bertz CT molecular complexity index is 1070. The zero-order valence-electron chi connectivity index (χ0n) is 13.7. The number of H-pyrrole nitrogens is 1. The molecule has 0 bridgehead atoms. The third-order valence-corrected chi connectivity index (χ3v) is 3.75. The van der Waals surface area contributed by atoms with Gasteiger partial charge in [-0.15, -0.1) is 0 Å². The minimum absolute atomic E-state index is 0.105. The van der Waals surface area contributed by atoms with Crippen LogP contribution in [0.25, 0.3) is 16.7 Å².